The third-order valence-corrected chi connectivity index (χ3v) is 5.95. The van der Waals surface area contributed by atoms with Gasteiger partial charge in [0, 0.05) is 24.5 Å². The van der Waals surface area contributed by atoms with Crippen LogP contribution in [-0.2, 0) is 0 Å². The molecule has 1 aromatic carbocycles. The first-order valence-electron chi connectivity index (χ1n) is 9.00. The Hall–Kier alpha value is -1.89. The van der Waals surface area contributed by atoms with E-state index in [0.29, 0.717) is 12.8 Å². The Morgan fingerprint density at radius 1 is 1.27 bits per heavy atom. The van der Waals surface area contributed by atoms with E-state index in [-0.39, 0.29) is 18.6 Å². The fourth-order valence-corrected chi connectivity index (χ4v) is 3.97. The molecule has 0 saturated carbocycles. The molecule has 5 nitrogen and oxygen atoms in total. The minimum Gasteiger partial charge on any atom is -0.388 e. The number of likely N-dealkylation sites (tertiary alicyclic amines) is 1. The van der Waals surface area contributed by atoms with Crippen molar-refractivity contribution in [3.05, 3.63) is 57.8 Å². The van der Waals surface area contributed by atoms with Gasteiger partial charge in [-0.1, -0.05) is 35.9 Å². The van der Waals surface area contributed by atoms with Crippen molar-refractivity contribution in [1.29, 1.82) is 0 Å². The quantitative estimate of drug-likeness (QED) is 0.755. The normalized spacial score (nSPS) is 18.3. The number of thiophene rings is 1. The van der Waals surface area contributed by atoms with E-state index in [1.165, 1.54) is 5.56 Å². The predicted octanol–water partition coefficient (Wildman–Crippen LogP) is 2.90. The Bertz CT molecular complexity index is 707. The lowest BCUT2D eigenvalue weighted by Gasteiger charge is -2.36. The summed E-state index contributed by atoms with van der Waals surface area (Å²) in [5, 5.41) is 18.6. The van der Waals surface area contributed by atoms with E-state index in [4.69, 9.17) is 0 Å². The highest BCUT2D eigenvalue weighted by Crippen LogP contribution is 2.26. The number of aryl methyl sites for hydroxylation is 1. The second kappa shape index (κ2) is 8.20. The number of carbonyl (C=O) groups is 1. The molecule has 1 saturated heterocycles. The molecule has 6 heteroatoms. The highest BCUT2D eigenvalue weighted by Gasteiger charge is 2.31. The Labute approximate surface area is 159 Å². The number of hydrogen-bond donors (Lipinski definition) is 3. The van der Waals surface area contributed by atoms with Gasteiger partial charge in [-0.15, -0.1) is 11.3 Å². The van der Waals surface area contributed by atoms with Gasteiger partial charge < -0.3 is 20.6 Å². The first-order chi connectivity index (χ1) is 12.5. The summed E-state index contributed by atoms with van der Waals surface area (Å²) in [7, 11) is 2.05. The fourth-order valence-electron chi connectivity index (χ4n) is 3.17. The minimum absolute atomic E-state index is 0.192. The zero-order chi connectivity index (χ0) is 18.6. The Morgan fingerprint density at radius 2 is 1.96 bits per heavy atom. The van der Waals surface area contributed by atoms with Crippen molar-refractivity contribution in [2.24, 2.45) is 0 Å². The average molecular weight is 374 g/mol. The monoisotopic (exact) mass is 373 g/mol. The van der Waals surface area contributed by atoms with E-state index in [1.807, 2.05) is 43.6 Å². The molecule has 0 bridgehead atoms. The summed E-state index contributed by atoms with van der Waals surface area (Å²) in [6.45, 7) is 4.02. The number of rotatable bonds is 5. The smallest absolute Gasteiger partial charge is 0.315 e. The molecule has 1 aliphatic rings. The number of nitrogens with one attached hydrogen (secondary N) is 2. The van der Waals surface area contributed by atoms with Crippen molar-refractivity contribution < 1.29 is 9.90 Å². The standard InChI is InChI=1S/C20H27N3O2S/c1-15-5-7-16(8-6-15)18(17-4-3-13-26-17)22-19(24)21-14-20(25)9-11-23(2)12-10-20/h3-8,13,18,25H,9-12,14H2,1-2H3,(H2,21,22,24)/t18-/m1/s1. The maximum Gasteiger partial charge on any atom is 0.315 e. The second-order valence-corrected chi connectivity index (χ2v) is 8.19. The topological polar surface area (TPSA) is 64.6 Å². The fraction of sp³-hybridized carbons (Fsp3) is 0.450. The number of nitrogens with zero attached hydrogens (tertiary/aromatic N) is 1. The minimum atomic E-state index is -0.813. The summed E-state index contributed by atoms with van der Waals surface area (Å²) in [4.78, 5) is 15.8. The van der Waals surface area contributed by atoms with Crippen molar-refractivity contribution in [2.45, 2.75) is 31.4 Å². The van der Waals surface area contributed by atoms with E-state index >= 15 is 0 Å². The van der Waals surface area contributed by atoms with Gasteiger partial charge in [0.1, 0.15) is 0 Å². The number of benzene rings is 1. The van der Waals surface area contributed by atoms with Crippen molar-refractivity contribution in [3.8, 4) is 0 Å². The number of amides is 2. The van der Waals surface area contributed by atoms with Gasteiger partial charge in [0.15, 0.2) is 0 Å². The summed E-state index contributed by atoms with van der Waals surface area (Å²) < 4.78 is 0. The van der Waals surface area contributed by atoms with E-state index in [9.17, 15) is 9.90 Å². The molecule has 140 valence electrons. The maximum absolute atomic E-state index is 12.5. The van der Waals surface area contributed by atoms with Crippen LogP contribution in [0.15, 0.2) is 41.8 Å². The lowest BCUT2D eigenvalue weighted by molar-refractivity contribution is -0.0123. The second-order valence-electron chi connectivity index (χ2n) is 7.21. The van der Waals surface area contributed by atoms with Crippen LogP contribution in [0.5, 0.6) is 0 Å². The van der Waals surface area contributed by atoms with Crippen LogP contribution in [0.1, 0.15) is 34.9 Å². The van der Waals surface area contributed by atoms with Crippen LogP contribution in [0.3, 0.4) is 0 Å². The van der Waals surface area contributed by atoms with Gasteiger partial charge in [-0.3, -0.25) is 0 Å². The summed E-state index contributed by atoms with van der Waals surface area (Å²) in [5.41, 5.74) is 1.42. The van der Waals surface area contributed by atoms with Crippen molar-refractivity contribution in [3.63, 3.8) is 0 Å². The van der Waals surface area contributed by atoms with Crippen molar-refractivity contribution >= 4 is 17.4 Å². The predicted molar refractivity (Wildman–Crippen MR) is 106 cm³/mol. The van der Waals surface area contributed by atoms with E-state index < -0.39 is 5.60 Å². The third kappa shape index (κ3) is 4.84. The molecule has 2 heterocycles. The van der Waals surface area contributed by atoms with Crippen LogP contribution in [0.2, 0.25) is 0 Å². The maximum atomic E-state index is 12.5. The highest BCUT2D eigenvalue weighted by molar-refractivity contribution is 7.10. The van der Waals surface area contributed by atoms with Crippen LogP contribution in [0.4, 0.5) is 4.79 Å². The van der Waals surface area contributed by atoms with Gasteiger partial charge in [0.2, 0.25) is 0 Å². The average Bonchev–Trinajstić information content (AvgIpc) is 3.16. The third-order valence-electron chi connectivity index (χ3n) is 5.01. The summed E-state index contributed by atoms with van der Waals surface area (Å²) in [5.74, 6) is 0. The lowest BCUT2D eigenvalue weighted by Crippen LogP contribution is -2.51. The summed E-state index contributed by atoms with van der Waals surface area (Å²) in [6.07, 6.45) is 1.35. The number of hydrogen-bond acceptors (Lipinski definition) is 4. The summed E-state index contributed by atoms with van der Waals surface area (Å²) >= 11 is 1.62. The van der Waals surface area contributed by atoms with E-state index in [1.54, 1.807) is 11.3 Å². The first kappa shape index (κ1) is 18.9. The summed E-state index contributed by atoms with van der Waals surface area (Å²) in [6, 6.07) is 11.8. The van der Waals surface area contributed by atoms with Crippen LogP contribution in [-0.4, -0.2) is 48.3 Å². The molecule has 0 unspecified atom stereocenters. The molecule has 0 aliphatic carbocycles. The van der Waals surface area contributed by atoms with E-state index in [0.717, 1.165) is 23.5 Å². The number of piperidine rings is 1. The van der Waals surface area contributed by atoms with E-state index in [2.05, 4.69) is 27.7 Å². The molecule has 0 radical (unpaired) electrons. The molecule has 1 atom stereocenters. The van der Waals surface area contributed by atoms with Gasteiger partial charge in [-0.05, 0) is 43.8 Å². The molecule has 1 aliphatic heterocycles. The van der Waals surface area contributed by atoms with Crippen LogP contribution < -0.4 is 10.6 Å². The molecule has 3 rings (SSSR count). The van der Waals surface area contributed by atoms with Gasteiger partial charge >= 0.3 is 6.03 Å². The molecular weight excluding hydrogens is 346 g/mol. The van der Waals surface area contributed by atoms with Gasteiger partial charge in [0.25, 0.3) is 0 Å². The molecule has 3 N–H and O–H groups in total. The molecule has 0 spiro atoms. The molecule has 1 aromatic heterocycles. The molecule has 2 amide bonds. The molecule has 26 heavy (non-hydrogen) atoms. The number of aliphatic hydroxyl groups is 1. The first-order valence-corrected chi connectivity index (χ1v) is 9.88. The van der Waals surface area contributed by atoms with Gasteiger partial charge in [0.05, 0.1) is 11.6 Å². The number of carbonyl (C=O) groups excluding carboxylic acids is 1. The number of urea groups is 1. The Balaban J connectivity index is 1.63. The Morgan fingerprint density at radius 3 is 2.58 bits per heavy atom. The van der Waals surface area contributed by atoms with Gasteiger partial charge in [-0.25, -0.2) is 4.79 Å². The lowest BCUT2D eigenvalue weighted by atomic mass is 9.92. The highest BCUT2D eigenvalue weighted by atomic mass is 32.1. The molecular formula is C20H27N3O2S. The van der Waals surface area contributed by atoms with Crippen molar-refractivity contribution in [1.82, 2.24) is 15.5 Å². The van der Waals surface area contributed by atoms with Crippen molar-refractivity contribution in [2.75, 3.05) is 26.7 Å². The Kier molecular flexibility index (Phi) is 5.96. The van der Waals surface area contributed by atoms with Crippen LogP contribution in [0, 0.1) is 6.92 Å². The molecule has 2 aromatic rings. The van der Waals surface area contributed by atoms with Gasteiger partial charge in [-0.2, -0.15) is 0 Å². The van der Waals surface area contributed by atoms with Crippen LogP contribution in [0.25, 0.3) is 0 Å². The molecule has 1 fully saturated rings. The zero-order valence-electron chi connectivity index (χ0n) is 15.4. The zero-order valence-corrected chi connectivity index (χ0v) is 16.2. The SMILES string of the molecule is Cc1ccc([C@@H](NC(=O)NCC2(O)CCN(C)CC2)c2cccs2)cc1. The van der Waals surface area contributed by atoms with Crippen LogP contribution >= 0.6 is 11.3 Å². The largest absolute Gasteiger partial charge is 0.388 e.